The Balaban J connectivity index is 1.92. The maximum atomic E-state index is 12.0. The number of aryl methyl sites for hydroxylation is 1. The third-order valence-electron chi connectivity index (χ3n) is 2.87. The van der Waals surface area contributed by atoms with Crippen LogP contribution in [0.5, 0.6) is 5.75 Å². The van der Waals surface area contributed by atoms with E-state index in [-0.39, 0.29) is 11.9 Å². The van der Waals surface area contributed by atoms with Crippen molar-refractivity contribution in [3.8, 4) is 5.75 Å². The summed E-state index contributed by atoms with van der Waals surface area (Å²) in [5.74, 6) is 1.09. The number of nitrogens with one attached hydrogen (secondary N) is 2. The second-order valence-corrected chi connectivity index (χ2v) is 4.68. The van der Waals surface area contributed by atoms with Crippen molar-refractivity contribution in [2.75, 3.05) is 0 Å². The highest BCUT2D eigenvalue weighted by Gasteiger charge is 2.18. The lowest BCUT2D eigenvalue weighted by Gasteiger charge is -2.17. The highest BCUT2D eigenvalue weighted by Crippen LogP contribution is 2.14. The van der Waals surface area contributed by atoms with Crippen LogP contribution in [0.2, 0.25) is 0 Å². The normalized spacial score (nSPS) is 13.6. The molecule has 0 spiro atoms. The van der Waals surface area contributed by atoms with Crippen molar-refractivity contribution in [3.63, 3.8) is 0 Å². The minimum Gasteiger partial charge on any atom is -0.481 e. The molecule has 1 amide bonds. The van der Waals surface area contributed by atoms with Gasteiger partial charge in [0.25, 0.3) is 5.91 Å². The Morgan fingerprint density at radius 1 is 1.40 bits per heavy atom. The van der Waals surface area contributed by atoms with Gasteiger partial charge in [-0.15, -0.1) is 0 Å². The first-order valence-electron chi connectivity index (χ1n) is 6.45. The molecular formula is C14H18N4O2. The van der Waals surface area contributed by atoms with Crippen LogP contribution in [0.25, 0.3) is 0 Å². The molecule has 1 aromatic carbocycles. The van der Waals surface area contributed by atoms with Gasteiger partial charge in [0.2, 0.25) is 0 Å². The maximum absolute atomic E-state index is 12.0. The molecule has 0 fully saturated rings. The van der Waals surface area contributed by atoms with Gasteiger partial charge in [0.05, 0.1) is 6.04 Å². The van der Waals surface area contributed by atoms with Crippen molar-refractivity contribution in [2.24, 2.45) is 0 Å². The predicted molar refractivity (Wildman–Crippen MR) is 74.2 cm³/mol. The van der Waals surface area contributed by atoms with Crippen molar-refractivity contribution >= 4 is 5.91 Å². The van der Waals surface area contributed by atoms with Gasteiger partial charge >= 0.3 is 0 Å². The molecule has 6 heteroatoms. The molecule has 0 aliphatic heterocycles. The zero-order valence-corrected chi connectivity index (χ0v) is 11.8. The van der Waals surface area contributed by atoms with E-state index in [1.54, 1.807) is 6.92 Å². The molecule has 0 bridgehead atoms. The van der Waals surface area contributed by atoms with Crippen LogP contribution in [0.3, 0.4) is 0 Å². The lowest BCUT2D eigenvalue weighted by Crippen LogP contribution is -2.38. The average Bonchev–Trinajstić information content (AvgIpc) is 2.92. The van der Waals surface area contributed by atoms with E-state index in [4.69, 9.17) is 4.74 Å². The Bertz CT molecular complexity index is 568. The number of H-pyrrole nitrogens is 1. The SMILES string of the molecule is Cc1cccc(OC(C)C(=O)NC(C)c2ncn[nH]2)c1. The summed E-state index contributed by atoms with van der Waals surface area (Å²) in [4.78, 5) is 16.0. The maximum Gasteiger partial charge on any atom is 0.261 e. The number of nitrogens with zero attached hydrogens (tertiary/aromatic N) is 2. The molecule has 1 aromatic heterocycles. The van der Waals surface area contributed by atoms with Gasteiger partial charge in [-0.3, -0.25) is 9.89 Å². The van der Waals surface area contributed by atoms with Gasteiger partial charge in [-0.25, -0.2) is 4.98 Å². The van der Waals surface area contributed by atoms with E-state index < -0.39 is 6.10 Å². The molecule has 20 heavy (non-hydrogen) atoms. The van der Waals surface area contributed by atoms with E-state index in [9.17, 15) is 4.79 Å². The van der Waals surface area contributed by atoms with E-state index >= 15 is 0 Å². The Hall–Kier alpha value is -2.37. The Labute approximate surface area is 117 Å². The van der Waals surface area contributed by atoms with Gasteiger partial charge in [-0.05, 0) is 38.5 Å². The summed E-state index contributed by atoms with van der Waals surface area (Å²) in [6.45, 7) is 5.52. The molecule has 0 radical (unpaired) electrons. The molecule has 0 aliphatic rings. The highest BCUT2D eigenvalue weighted by molar-refractivity contribution is 5.81. The summed E-state index contributed by atoms with van der Waals surface area (Å²) in [7, 11) is 0. The molecule has 106 valence electrons. The van der Waals surface area contributed by atoms with E-state index in [0.29, 0.717) is 11.6 Å². The summed E-state index contributed by atoms with van der Waals surface area (Å²) < 4.78 is 5.62. The average molecular weight is 274 g/mol. The summed E-state index contributed by atoms with van der Waals surface area (Å²) in [6, 6.07) is 7.35. The number of ether oxygens (including phenoxy) is 1. The largest absolute Gasteiger partial charge is 0.481 e. The fraction of sp³-hybridized carbons (Fsp3) is 0.357. The van der Waals surface area contributed by atoms with Crippen LogP contribution in [0.15, 0.2) is 30.6 Å². The van der Waals surface area contributed by atoms with Crippen molar-refractivity contribution < 1.29 is 9.53 Å². The fourth-order valence-corrected chi connectivity index (χ4v) is 1.77. The number of benzene rings is 1. The third kappa shape index (κ3) is 3.57. The fourth-order valence-electron chi connectivity index (χ4n) is 1.77. The van der Waals surface area contributed by atoms with Gasteiger partial charge in [0, 0.05) is 0 Å². The van der Waals surface area contributed by atoms with Crippen LogP contribution in [-0.2, 0) is 4.79 Å². The summed E-state index contributed by atoms with van der Waals surface area (Å²) in [5, 5.41) is 9.30. The van der Waals surface area contributed by atoms with Gasteiger partial charge in [0.15, 0.2) is 6.10 Å². The second-order valence-electron chi connectivity index (χ2n) is 4.68. The monoisotopic (exact) mass is 274 g/mol. The number of carbonyl (C=O) groups is 1. The first kappa shape index (κ1) is 14.0. The standard InChI is InChI=1S/C14H18N4O2/c1-9-5-4-6-12(7-9)20-11(3)14(19)17-10(2)13-15-8-16-18-13/h4-8,10-11H,1-3H3,(H,17,19)(H,15,16,18). The molecule has 2 atom stereocenters. The van der Waals surface area contributed by atoms with E-state index in [1.165, 1.54) is 6.33 Å². The van der Waals surface area contributed by atoms with Crippen molar-refractivity contribution in [1.29, 1.82) is 0 Å². The van der Waals surface area contributed by atoms with Crippen LogP contribution in [0, 0.1) is 6.92 Å². The van der Waals surface area contributed by atoms with Crippen molar-refractivity contribution in [3.05, 3.63) is 42.0 Å². The van der Waals surface area contributed by atoms with Gasteiger partial charge in [-0.2, -0.15) is 5.10 Å². The minimum absolute atomic E-state index is 0.199. The predicted octanol–water partition coefficient (Wildman–Crippen LogP) is 1.76. The van der Waals surface area contributed by atoms with Gasteiger partial charge in [-0.1, -0.05) is 12.1 Å². The summed E-state index contributed by atoms with van der Waals surface area (Å²) in [6.07, 6.45) is 0.826. The molecule has 2 rings (SSSR count). The number of amides is 1. The molecule has 1 heterocycles. The van der Waals surface area contributed by atoms with Crippen LogP contribution < -0.4 is 10.1 Å². The Morgan fingerprint density at radius 3 is 2.85 bits per heavy atom. The zero-order valence-electron chi connectivity index (χ0n) is 11.8. The molecule has 2 aromatic rings. The van der Waals surface area contributed by atoms with Crippen LogP contribution in [0.1, 0.15) is 31.3 Å². The molecule has 2 N–H and O–H groups in total. The molecule has 6 nitrogen and oxygen atoms in total. The molecule has 0 aliphatic carbocycles. The van der Waals surface area contributed by atoms with E-state index in [2.05, 4.69) is 20.5 Å². The topological polar surface area (TPSA) is 79.9 Å². The lowest BCUT2D eigenvalue weighted by atomic mass is 10.2. The number of rotatable bonds is 5. The van der Waals surface area contributed by atoms with Gasteiger partial charge < -0.3 is 10.1 Å². The number of hydrogen-bond donors (Lipinski definition) is 2. The van der Waals surface area contributed by atoms with Gasteiger partial charge in [0.1, 0.15) is 17.9 Å². The van der Waals surface area contributed by atoms with Crippen molar-refractivity contribution in [2.45, 2.75) is 32.9 Å². The second kappa shape index (κ2) is 6.18. The highest BCUT2D eigenvalue weighted by atomic mass is 16.5. The molecule has 0 saturated heterocycles. The Morgan fingerprint density at radius 2 is 2.20 bits per heavy atom. The van der Waals surface area contributed by atoms with E-state index in [0.717, 1.165) is 5.56 Å². The number of carbonyl (C=O) groups excluding carboxylic acids is 1. The summed E-state index contributed by atoms with van der Waals surface area (Å²) >= 11 is 0. The van der Waals surface area contributed by atoms with Crippen LogP contribution >= 0.6 is 0 Å². The van der Waals surface area contributed by atoms with Crippen molar-refractivity contribution in [1.82, 2.24) is 20.5 Å². The smallest absolute Gasteiger partial charge is 0.261 e. The quantitative estimate of drug-likeness (QED) is 0.870. The number of aromatic amines is 1. The zero-order chi connectivity index (χ0) is 14.5. The molecule has 0 saturated carbocycles. The Kier molecular flexibility index (Phi) is 4.34. The summed E-state index contributed by atoms with van der Waals surface area (Å²) in [5.41, 5.74) is 1.09. The van der Waals surface area contributed by atoms with Crippen LogP contribution in [-0.4, -0.2) is 27.2 Å². The lowest BCUT2D eigenvalue weighted by molar-refractivity contribution is -0.128. The first-order valence-corrected chi connectivity index (χ1v) is 6.45. The van der Waals surface area contributed by atoms with Crippen LogP contribution in [0.4, 0.5) is 0 Å². The number of aromatic nitrogens is 3. The van der Waals surface area contributed by atoms with E-state index in [1.807, 2.05) is 38.1 Å². The molecule has 2 unspecified atom stereocenters. The minimum atomic E-state index is -0.581. The number of hydrogen-bond acceptors (Lipinski definition) is 4. The third-order valence-corrected chi connectivity index (χ3v) is 2.87. The first-order chi connectivity index (χ1) is 9.56. The molecular weight excluding hydrogens is 256 g/mol.